The molecule has 0 aromatic carbocycles. The molecule has 1 heterocycles. The van der Waals surface area contributed by atoms with Gasteiger partial charge < -0.3 is 19.7 Å². The standard InChI is InChI=1S/C22H40N2O5/c1-14(2)9-18(10-15(3)4)23-19(25)16-11-17(20(26)28-8)13-24(12-16)21(27)29-22(5,6)7/h14-18H,9-13H2,1-8H3,(H,23,25). The molecule has 0 spiro atoms. The Kier molecular flexibility index (Phi) is 9.43. The fourth-order valence-electron chi connectivity index (χ4n) is 3.77. The van der Waals surface area contributed by atoms with E-state index in [1.54, 1.807) is 20.8 Å². The van der Waals surface area contributed by atoms with Crippen LogP contribution in [0.1, 0.15) is 67.7 Å². The lowest BCUT2D eigenvalue weighted by atomic mass is 9.87. The number of esters is 1. The van der Waals surface area contributed by atoms with Crippen molar-refractivity contribution in [3.63, 3.8) is 0 Å². The van der Waals surface area contributed by atoms with Crippen LogP contribution in [0.25, 0.3) is 0 Å². The van der Waals surface area contributed by atoms with Crippen LogP contribution in [-0.4, -0.2) is 54.7 Å². The molecular formula is C22H40N2O5. The molecule has 1 aliphatic rings. The summed E-state index contributed by atoms with van der Waals surface area (Å²) in [7, 11) is 1.32. The van der Waals surface area contributed by atoms with Gasteiger partial charge in [0.05, 0.1) is 18.9 Å². The van der Waals surface area contributed by atoms with Crippen molar-refractivity contribution in [1.29, 1.82) is 0 Å². The van der Waals surface area contributed by atoms with Crippen LogP contribution in [0.15, 0.2) is 0 Å². The minimum absolute atomic E-state index is 0.0796. The van der Waals surface area contributed by atoms with E-state index in [9.17, 15) is 14.4 Å². The van der Waals surface area contributed by atoms with Crippen molar-refractivity contribution in [1.82, 2.24) is 10.2 Å². The fourth-order valence-corrected chi connectivity index (χ4v) is 3.77. The molecule has 1 saturated heterocycles. The van der Waals surface area contributed by atoms with Gasteiger partial charge in [-0.15, -0.1) is 0 Å². The van der Waals surface area contributed by atoms with E-state index in [0.717, 1.165) is 12.8 Å². The maximum Gasteiger partial charge on any atom is 0.410 e. The Morgan fingerprint density at radius 3 is 1.97 bits per heavy atom. The maximum absolute atomic E-state index is 13.0. The average molecular weight is 413 g/mol. The van der Waals surface area contributed by atoms with Gasteiger partial charge in [0.25, 0.3) is 0 Å². The van der Waals surface area contributed by atoms with Gasteiger partial charge in [-0.1, -0.05) is 27.7 Å². The first-order valence-corrected chi connectivity index (χ1v) is 10.7. The van der Waals surface area contributed by atoms with Gasteiger partial charge in [-0.05, 0) is 51.9 Å². The lowest BCUT2D eigenvalue weighted by molar-refractivity contribution is -0.148. The van der Waals surface area contributed by atoms with Gasteiger partial charge in [0.2, 0.25) is 5.91 Å². The Labute approximate surface area is 175 Å². The molecule has 1 N–H and O–H groups in total. The number of hydrogen-bond acceptors (Lipinski definition) is 5. The van der Waals surface area contributed by atoms with Crippen molar-refractivity contribution in [2.75, 3.05) is 20.2 Å². The van der Waals surface area contributed by atoms with E-state index in [-0.39, 0.29) is 25.0 Å². The van der Waals surface area contributed by atoms with Gasteiger partial charge in [-0.3, -0.25) is 9.59 Å². The molecule has 2 amide bonds. The second kappa shape index (κ2) is 10.8. The highest BCUT2D eigenvalue weighted by atomic mass is 16.6. The summed E-state index contributed by atoms with van der Waals surface area (Å²) in [6.07, 6.45) is 1.65. The van der Waals surface area contributed by atoms with Crippen molar-refractivity contribution in [2.45, 2.75) is 79.4 Å². The van der Waals surface area contributed by atoms with Crippen molar-refractivity contribution >= 4 is 18.0 Å². The van der Waals surface area contributed by atoms with Gasteiger partial charge in [0, 0.05) is 19.1 Å². The Morgan fingerprint density at radius 2 is 1.52 bits per heavy atom. The topological polar surface area (TPSA) is 84.9 Å². The summed E-state index contributed by atoms with van der Waals surface area (Å²) in [5.41, 5.74) is -0.646. The molecule has 7 nitrogen and oxygen atoms in total. The predicted molar refractivity (Wildman–Crippen MR) is 112 cm³/mol. The zero-order valence-electron chi connectivity index (χ0n) is 19.4. The summed E-state index contributed by atoms with van der Waals surface area (Å²) >= 11 is 0. The maximum atomic E-state index is 13.0. The van der Waals surface area contributed by atoms with Gasteiger partial charge in [0.15, 0.2) is 0 Å². The summed E-state index contributed by atoms with van der Waals surface area (Å²) in [5, 5.41) is 3.16. The Balaban J connectivity index is 2.93. The summed E-state index contributed by atoms with van der Waals surface area (Å²) in [6.45, 7) is 14.4. The van der Waals surface area contributed by atoms with Gasteiger partial charge in [0.1, 0.15) is 5.60 Å². The number of nitrogens with zero attached hydrogens (tertiary/aromatic N) is 1. The predicted octanol–water partition coefficient (Wildman–Crippen LogP) is 3.61. The minimum atomic E-state index is -0.646. The van der Waals surface area contributed by atoms with E-state index in [1.807, 2.05) is 0 Å². The van der Waals surface area contributed by atoms with Crippen LogP contribution in [-0.2, 0) is 19.1 Å². The second-order valence-corrected chi connectivity index (χ2v) is 10.0. The Hall–Kier alpha value is -1.79. The van der Waals surface area contributed by atoms with Gasteiger partial charge >= 0.3 is 12.1 Å². The lowest BCUT2D eigenvalue weighted by Gasteiger charge is -2.37. The molecule has 0 radical (unpaired) electrons. The number of likely N-dealkylation sites (tertiary alicyclic amines) is 1. The van der Waals surface area contributed by atoms with Crippen LogP contribution in [0.2, 0.25) is 0 Å². The number of amides is 2. The fraction of sp³-hybridized carbons (Fsp3) is 0.864. The highest BCUT2D eigenvalue weighted by Crippen LogP contribution is 2.26. The number of rotatable bonds is 7. The third-order valence-corrected chi connectivity index (χ3v) is 4.87. The quantitative estimate of drug-likeness (QED) is 0.646. The highest BCUT2D eigenvalue weighted by Gasteiger charge is 2.39. The summed E-state index contributed by atoms with van der Waals surface area (Å²) in [5.74, 6) is -0.596. The van der Waals surface area contributed by atoms with E-state index in [4.69, 9.17) is 9.47 Å². The first-order chi connectivity index (χ1) is 13.3. The Morgan fingerprint density at radius 1 is 1.00 bits per heavy atom. The van der Waals surface area contributed by atoms with Crippen molar-refractivity contribution in [3.8, 4) is 0 Å². The molecular weight excluding hydrogens is 372 g/mol. The Bertz CT molecular complexity index is 558. The summed E-state index contributed by atoms with van der Waals surface area (Å²) in [6, 6.07) is 0.0796. The molecule has 2 atom stereocenters. The highest BCUT2D eigenvalue weighted by molar-refractivity contribution is 5.82. The summed E-state index contributed by atoms with van der Waals surface area (Å²) in [4.78, 5) is 39.2. The average Bonchev–Trinajstić information content (AvgIpc) is 2.57. The van der Waals surface area contributed by atoms with Gasteiger partial charge in [-0.25, -0.2) is 4.79 Å². The van der Waals surface area contributed by atoms with E-state index >= 15 is 0 Å². The molecule has 0 saturated carbocycles. The molecule has 7 heteroatoms. The lowest BCUT2D eigenvalue weighted by Crippen LogP contribution is -2.52. The third-order valence-electron chi connectivity index (χ3n) is 4.87. The summed E-state index contributed by atoms with van der Waals surface area (Å²) < 4.78 is 10.3. The first kappa shape index (κ1) is 25.2. The molecule has 0 aromatic heterocycles. The van der Waals surface area contributed by atoms with Crippen molar-refractivity contribution in [3.05, 3.63) is 0 Å². The number of carbonyl (C=O) groups excluding carboxylic acids is 3. The molecule has 0 aliphatic carbocycles. The first-order valence-electron chi connectivity index (χ1n) is 10.7. The zero-order valence-corrected chi connectivity index (χ0v) is 19.4. The van der Waals surface area contributed by atoms with Crippen molar-refractivity contribution in [2.24, 2.45) is 23.7 Å². The molecule has 1 rings (SSSR count). The second-order valence-electron chi connectivity index (χ2n) is 10.0. The molecule has 29 heavy (non-hydrogen) atoms. The number of hydrogen-bond donors (Lipinski definition) is 1. The minimum Gasteiger partial charge on any atom is -0.469 e. The van der Waals surface area contributed by atoms with Gasteiger partial charge in [-0.2, -0.15) is 0 Å². The molecule has 0 aromatic rings. The van der Waals surface area contributed by atoms with E-state index in [2.05, 4.69) is 33.0 Å². The van der Waals surface area contributed by atoms with Crippen LogP contribution >= 0.6 is 0 Å². The van der Waals surface area contributed by atoms with Crippen LogP contribution < -0.4 is 5.32 Å². The SMILES string of the molecule is COC(=O)C1CC(C(=O)NC(CC(C)C)CC(C)C)CN(C(=O)OC(C)(C)C)C1. The van der Waals surface area contributed by atoms with E-state index < -0.39 is 29.5 Å². The third kappa shape index (κ3) is 9.05. The van der Waals surface area contributed by atoms with Crippen LogP contribution in [0.5, 0.6) is 0 Å². The number of ether oxygens (including phenoxy) is 2. The largest absolute Gasteiger partial charge is 0.469 e. The molecule has 168 valence electrons. The molecule has 2 unspecified atom stereocenters. The molecule has 0 bridgehead atoms. The normalized spacial score (nSPS) is 20.2. The number of piperidine rings is 1. The van der Waals surface area contributed by atoms with E-state index in [1.165, 1.54) is 12.0 Å². The van der Waals surface area contributed by atoms with Crippen LogP contribution in [0, 0.1) is 23.7 Å². The monoisotopic (exact) mass is 412 g/mol. The molecule has 1 fully saturated rings. The smallest absolute Gasteiger partial charge is 0.410 e. The van der Waals surface area contributed by atoms with E-state index in [0.29, 0.717) is 18.3 Å². The number of methoxy groups -OCH3 is 1. The van der Waals surface area contributed by atoms with Crippen LogP contribution in [0.3, 0.4) is 0 Å². The zero-order chi connectivity index (χ0) is 22.4. The van der Waals surface area contributed by atoms with Crippen LogP contribution in [0.4, 0.5) is 4.79 Å². The number of nitrogens with one attached hydrogen (secondary N) is 1. The van der Waals surface area contributed by atoms with Crippen molar-refractivity contribution < 1.29 is 23.9 Å². The number of carbonyl (C=O) groups is 3. The molecule has 1 aliphatic heterocycles.